The van der Waals surface area contributed by atoms with Gasteiger partial charge in [-0.1, -0.05) is 371 Å². The third-order valence-electron chi connectivity index (χ3n) is 19.2. The molecule has 0 aliphatic heterocycles. The lowest BCUT2D eigenvalue weighted by molar-refractivity contribution is -0.161. The van der Waals surface area contributed by atoms with Gasteiger partial charge in [0.15, 0.2) is 6.10 Å². The maximum absolute atomic E-state index is 13.0. The molecule has 0 aromatic carbocycles. The van der Waals surface area contributed by atoms with E-state index in [4.69, 9.17) is 32.3 Å². The molecule has 0 aromatic rings. The molecule has 0 bridgehead atoms. The highest BCUT2D eigenvalue weighted by atomic mass is 31.2. The van der Waals surface area contributed by atoms with Crippen LogP contribution >= 0.6 is 15.6 Å². The molecule has 0 heterocycles. The number of hydrogen-bond acceptors (Lipinski definition) is 14. The summed E-state index contributed by atoms with van der Waals surface area (Å²) < 4.78 is 61.4. The summed E-state index contributed by atoms with van der Waals surface area (Å²) in [6.07, 6.45) is 113. The van der Waals surface area contributed by atoms with Crippen molar-refractivity contribution in [2.45, 2.75) is 399 Å². The molecule has 0 spiro atoms. The molecule has 0 rings (SSSR count). The van der Waals surface area contributed by atoms with Crippen molar-refractivity contribution in [3.63, 3.8) is 0 Å². The number of aliphatic hydroxyl groups is 2. The van der Waals surface area contributed by atoms with Crippen LogP contribution in [0.2, 0.25) is 0 Å². The van der Waals surface area contributed by atoms with Gasteiger partial charge >= 0.3 is 33.6 Å². The molecule has 5 atom stereocenters. The van der Waals surface area contributed by atoms with E-state index >= 15 is 0 Å². The Morgan fingerprint density at radius 3 is 0.730 bits per heavy atom. The van der Waals surface area contributed by atoms with Gasteiger partial charge in [0, 0.05) is 19.3 Å². The van der Waals surface area contributed by atoms with Crippen molar-refractivity contribution in [2.75, 3.05) is 39.6 Å². The molecule has 0 amide bonds. The predicted molar refractivity (Wildman–Crippen MR) is 482 cm³/mol. The first-order valence-electron chi connectivity index (χ1n) is 45.8. The largest absolute Gasteiger partial charge is 0.472 e. The van der Waals surface area contributed by atoms with Gasteiger partial charge in [-0.15, -0.1) is 0 Å². The lowest BCUT2D eigenvalue weighted by Gasteiger charge is -2.21. The Hall–Kier alpha value is -4.83. The van der Waals surface area contributed by atoms with Gasteiger partial charge in [0.25, 0.3) is 0 Å². The number of carbonyl (C=O) groups excluding carboxylic acids is 3. The minimum Gasteiger partial charge on any atom is -0.463 e. The molecule has 0 radical (unpaired) electrons. The lowest BCUT2D eigenvalue weighted by atomic mass is 10.0. The predicted octanol–water partition coefficient (Wildman–Crippen LogP) is 28.1. The maximum atomic E-state index is 13.0. The smallest absolute Gasteiger partial charge is 0.463 e. The van der Waals surface area contributed by atoms with Crippen molar-refractivity contribution in [2.24, 2.45) is 0 Å². The normalized spacial score (nSPS) is 14.5. The summed E-state index contributed by atoms with van der Waals surface area (Å²) in [5.41, 5.74) is 0. The Morgan fingerprint density at radius 1 is 0.252 bits per heavy atom. The summed E-state index contributed by atoms with van der Waals surface area (Å²) >= 11 is 0. The van der Waals surface area contributed by atoms with E-state index in [1.807, 2.05) is 0 Å². The molecule has 0 aliphatic rings. The van der Waals surface area contributed by atoms with Gasteiger partial charge in [-0.05, 0) is 148 Å². The van der Waals surface area contributed by atoms with Crippen molar-refractivity contribution in [3.8, 4) is 0 Å². The van der Waals surface area contributed by atoms with Crippen LogP contribution in [0.1, 0.15) is 380 Å². The van der Waals surface area contributed by atoms with Crippen LogP contribution in [0.4, 0.5) is 0 Å². The molecule has 0 saturated carbocycles. The van der Waals surface area contributed by atoms with Gasteiger partial charge in [0.2, 0.25) is 0 Å². The first kappa shape index (κ1) is 110. The molecule has 16 nitrogen and oxygen atoms in total. The zero-order valence-electron chi connectivity index (χ0n) is 72.7. The number of aliphatic hydroxyl groups excluding tert-OH is 2. The second-order valence-corrected chi connectivity index (χ2v) is 33.2. The van der Waals surface area contributed by atoms with Crippen LogP contribution in [0.3, 0.4) is 0 Å². The van der Waals surface area contributed by atoms with Gasteiger partial charge in [-0.25, -0.2) is 9.13 Å². The molecule has 0 saturated heterocycles. The molecule has 660 valence electrons. The van der Waals surface area contributed by atoms with E-state index in [1.165, 1.54) is 154 Å². The Bertz CT molecular complexity index is 2720. The first-order valence-corrected chi connectivity index (χ1v) is 48.8. The number of carbonyl (C=O) groups is 3. The summed E-state index contributed by atoms with van der Waals surface area (Å²) in [4.78, 5) is 58.9. The van der Waals surface area contributed by atoms with Crippen molar-refractivity contribution < 1.29 is 75.8 Å². The van der Waals surface area contributed by atoms with Crippen LogP contribution in [0.5, 0.6) is 0 Å². The second kappa shape index (κ2) is 88.5. The Morgan fingerprint density at radius 2 is 0.461 bits per heavy atom. The van der Waals surface area contributed by atoms with Gasteiger partial charge < -0.3 is 34.2 Å². The zero-order valence-corrected chi connectivity index (χ0v) is 74.5. The highest BCUT2D eigenvalue weighted by Gasteiger charge is 2.29. The molecular weight excluding hydrogens is 1480 g/mol. The van der Waals surface area contributed by atoms with Crippen LogP contribution in [-0.4, -0.2) is 95.9 Å². The van der Waals surface area contributed by atoms with E-state index in [0.717, 1.165) is 167 Å². The third-order valence-corrected chi connectivity index (χ3v) is 21.1. The van der Waals surface area contributed by atoms with E-state index in [0.29, 0.717) is 19.3 Å². The number of rotatable bonds is 86. The van der Waals surface area contributed by atoms with Crippen LogP contribution in [0.15, 0.2) is 158 Å². The fourth-order valence-electron chi connectivity index (χ4n) is 12.3. The highest BCUT2D eigenvalue weighted by Crippen LogP contribution is 2.45. The fourth-order valence-corrected chi connectivity index (χ4v) is 13.9. The van der Waals surface area contributed by atoms with Crippen molar-refractivity contribution >= 4 is 33.6 Å². The number of esters is 3. The van der Waals surface area contributed by atoms with E-state index in [1.54, 1.807) is 0 Å². The Labute approximate surface area is 701 Å². The van der Waals surface area contributed by atoms with Crippen LogP contribution < -0.4 is 0 Å². The number of phosphoric acid groups is 2. The summed E-state index contributed by atoms with van der Waals surface area (Å²) in [6.45, 7) is 2.45. The summed E-state index contributed by atoms with van der Waals surface area (Å²) in [7, 11) is -9.81. The number of phosphoric ester groups is 2. The van der Waals surface area contributed by atoms with Gasteiger partial charge in [0.05, 0.1) is 26.4 Å². The monoisotopic (exact) mass is 1650 g/mol. The van der Waals surface area contributed by atoms with Gasteiger partial charge in [0.1, 0.15) is 25.4 Å². The van der Waals surface area contributed by atoms with Crippen molar-refractivity contribution in [3.05, 3.63) is 158 Å². The molecule has 115 heavy (non-hydrogen) atoms. The Kier molecular flexibility index (Phi) is 84.7. The topological polar surface area (TPSA) is 231 Å². The third kappa shape index (κ3) is 89.8. The summed E-state index contributed by atoms with van der Waals surface area (Å²) in [5.74, 6) is -1.59. The number of hydrogen-bond donors (Lipinski definition) is 4. The zero-order chi connectivity index (χ0) is 83.6. The average molecular weight is 1650 g/mol. The molecule has 0 fully saturated rings. The highest BCUT2D eigenvalue weighted by molar-refractivity contribution is 7.47. The standard InChI is InChI=1S/C97H166O16P2/c1-4-7-10-13-16-19-22-25-28-31-34-36-38-40-41-42-43-44-45-46-47-48-49-51-53-54-57-59-62-65-68-71-74-77-80-83-95(100)107-86-92(98)87-109-114(103,104)110-88-93(99)89-111-115(105,106)112-91-94(113-97(102)85-82-79-76-73-70-67-64-61-56-33-30-27-24-21-18-15-12-9-6-3)90-108-96(101)84-81-78-75-72-69-66-63-60-58-55-52-50-39-37-35-32-29-26-23-20-17-14-11-8-5-2/h8-9,11-12,16-21,25-30,34-37,40-41,50,52,56,61,92-94,98-99H,4-7,10,13-15,22-24,31-33,38-39,42-49,51,53-55,57-60,62-91H2,1-3H3,(H,103,104)(H,105,106)/b11-8-,12-9-,19-16-,20-17-,21-18-,28-25-,29-26-,30-27-,36-34-,37-35-,41-40-,52-50-,61-56-. The molecule has 18 heteroatoms. The number of allylic oxidation sites excluding steroid dienone is 26. The molecule has 0 aromatic heterocycles. The first-order chi connectivity index (χ1) is 56.2. The van der Waals surface area contributed by atoms with Crippen LogP contribution in [-0.2, 0) is 55.8 Å². The average Bonchev–Trinajstić information content (AvgIpc) is 0.920. The van der Waals surface area contributed by atoms with Crippen LogP contribution in [0.25, 0.3) is 0 Å². The molecule has 4 N–H and O–H groups in total. The minimum absolute atomic E-state index is 0.0831. The Balaban J connectivity index is 4.50. The van der Waals surface area contributed by atoms with E-state index in [9.17, 15) is 43.5 Å². The fraction of sp³-hybridized carbons (Fsp3) is 0.701. The molecule has 5 unspecified atom stereocenters. The maximum Gasteiger partial charge on any atom is 0.472 e. The molecular formula is C97H166O16P2. The SMILES string of the molecule is CC/C=C\C/C=C\C/C=C\C/C=C\C/C=C\CCCCCCCCCCCC(=O)OCC(COP(=O)(O)OCC(O)COP(=O)(O)OCC(O)COC(=O)CCCCCCCCCCCCCCCCCCCCC/C=C\C/C=C\C/C=C\C/C=C\CCCCC)OC(=O)CCCCCCCC/C=C\C/C=C\C/C=C\C/C=C\CC. The van der Waals surface area contributed by atoms with E-state index < -0.39 is 91.5 Å². The number of unbranched alkanes of at least 4 members (excludes halogenated alkanes) is 37. The van der Waals surface area contributed by atoms with E-state index in [-0.39, 0.29) is 19.3 Å². The summed E-state index contributed by atoms with van der Waals surface area (Å²) in [5, 5.41) is 20.7. The minimum atomic E-state index is -4.95. The van der Waals surface area contributed by atoms with E-state index in [2.05, 4.69) is 179 Å². The second-order valence-electron chi connectivity index (χ2n) is 30.3. The number of ether oxygens (including phenoxy) is 3. The lowest BCUT2D eigenvalue weighted by Crippen LogP contribution is -2.30. The molecule has 0 aliphatic carbocycles. The van der Waals surface area contributed by atoms with Gasteiger partial charge in [-0.3, -0.25) is 32.5 Å². The van der Waals surface area contributed by atoms with Gasteiger partial charge in [-0.2, -0.15) is 0 Å². The quantitative estimate of drug-likeness (QED) is 0.0146. The van der Waals surface area contributed by atoms with Crippen molar-refractivity contribution in [1.29, 1.82) is 0 Å². The van der Waals surface area contributed by atoms with Crippen molar-refractivity contribution in [1.82, 2.24) is 0 Å². The van der Waals surface area contributed by atoms with Crippen LogP contribution in [0, 0.1) is 0 Å². The summed E-state index contributed by atoms with van der Waals surface area (Å²) in [6, 6.07) is 0.